The second-order valence-corrected chi connectivity index (χ2v) is 5.43. The number of hydrogen-bond acceptors (Lipinski definition) is 3. The third-order valence-electron chi connectivity index (χ3n) is 4.00. The Hall–Kier alpha value is -1.88. The maximum absolute atomic E-state index is 12.3. The van der Waals surface area contributed by atoms with Crippen LogP contribution in [0.5, 0.6) is 0 Å². The minimum Gasteiger partial charge on any atom is -0.481 e. The summed E-state index contributed by atoms with van der Waals surface area (Å²) in [6.45, 7) is 0.595. The SMILES string of the molecule is COCCc1ccccc1NC(=O)[C@@H]1CC[C@H](C(=O)O)C1. The summed E-state index contributed by atoms with van der Waals surface area (Å²) in [5, 5.41) is 11.9. The lowest BCUT2D eigenvalue weighted by Gasteiger charge is -2.14. The van der Waals surface area contributed by atoms with Crippen molar-refractivity contribution in [3.63, 3.8) is 0 Å². The van der Waals surface area contributed by atoms with Crippen molar-refractivity contribution in [2.45, 2.75) is 25.7 Å². The van der Waals surface area contributed by atoms with Gasteiger partial charge in [-0.2, -0.15) is 0 Å². The van der Waals surface area contributed by atoms with Gasteiger partial charge in [0.2, 0.25) is 5.91 Å². The van der Waals surface area contributed by atoms with E-state index in [1.165, 1.54) is 0 Å². The summed E-state index contributed by atoms with van der Waals surface area (Å²) in [5.41, 5.74) is 1.82. The summed E-state index contributed by atoms with van der Waals surface area (Å²) in [6.07, 6.45) is 2.39. The van der Waals surface area contributed by atoms with Crippen molar-refractivity contribution in [2.24, 2.45) is 11.8 Å². The van der Waals surface area contributed by atoms with Crippen LogP contribution < -0.4 is 5.32 Å². The number of amides is 1. The highest BCUT2D eigenvalue weighted by molar-refractivity contribution is 5.93. The molecule has 5 heteroatoms. The molecule has 0 saturated heterocycles. The van der Waals surface area contributed by atoms with Gasteiger partial charge in [0.15, 0.2) is 0 Å². The maximum Gasteiger partial charge on any atom is 0.306 e. The third-order valence-corrected chi connectivity index (χ3v) is 4.00. The number of hydrogen-bond donors (Lipinski definition) is 2. The zero-order valence-corrected chi connectivity index (χ0v) is 12.2. The molecule has 0 unspecified atom stereocenters. The topological polar surface area (TPSA) is 75.6 Å². The van der Waals surface area contributed by atoms with E-state index in [1.807, 2.05) is 24.3 Å². The van der Waals surface area contributed by atoms with Crippen molar-refractivity contribution in [3.8, 4) is 0 Å². The van der Waals surface area contributed by atoms with Gasteiger partial charge in [-0.05, 0) is 37.3 Å². The zero-order chi connectivity index (χ0) is 15.2. The molecule has 0 radical (unpaired) electrons. The van der Waals surface area contributed by atoms with Gasteiger partial charge in [-0.25, -0.2) is 0 Å². The summed E-state index contributed by atoms with van der Waals surface area (Å²) >= 11 is 0. The Morgan fingerprint density at radius 3 is 2.67 bits per heavy atom. The molecule has 1 aliphatic carbocycles. The molecule has 1 fully saturated rings. The number of methoxy groups -OCH3 is 1. The average molecular weight is 291 g/mol. The summed E-state index contributed by atoms with van der Waals surface area (Å²) in [6, 6.07) is 7.63. The van der Waals surface area contributed by atoms with Crippen LogP contribution in [-0.4, -0.2) is 30.7 Å². The number of nitrogens with one attached hydrogen (secondary N) is 1. The van der Waals surface area contributed by atoms with E-state index in [2.05, 4.69) is 5.32 Å². The number of carbonyl (C=O) groups excluding carboxylic acids is 1. The Bertz CT molecular complexity index is 515. The third kappa shape index (κ3) is 4.04. The highest BCUT2D eigenvalue weighted by atomic mass is 16.5. The predicted molar refractivity (Wildman–Crippen MR) is 79.1 cm³/mol. The average Bonchev–Trinajstić information content (AvgIpc) is 2.96. The van der Waals surface area contributed by atoms with Gasteiger partial charge in [0.05, 0.1) is 12.5 Å². The van der Waals surface area contributed by atoms with Gasteiger partial charge < -0.3 is 15.2 Å². The van der Waals surface area contributed by atoms with Gasteiger partial charge in [-0.1, -0.05) is 18.2 Å². The number of rotatable bonds is 6. The summed E-state index contributed by atoms with van der Waals surface area (Å²) in [5.74, 6) is -1.47. The normalized spacial score (nSPS) is 21.2. The molecule has 1 saturated carbocycles. The second kappa shape index (κ2) is 7.22. The maximum atomic E-state index is 12.3. The van der Waals surface area contributed by atoms with Gasteiger partial charge in [0, 0.05) is 18.7 Å². The molecule has 1 amide bonds. The van der Waals surface area contributed by atoms with Crippen LogP contribution in [0, 0.1) is 11.8 Å². The van der Waals surface area contributed by atoms with Gasteiger partial charge >= 0.3 is 5.97 Å². The van der Waals surface area contributed by atoms with Gasteiger partial charge in [-0.3, -0.25) is 9.59 Å². The Balaban J connectivity index is 1.98. The zero-order valence-electron chi connectivity index (χ0n) is 12.2. The van der Waals surface area contributed by atoms with Crippen molar-refractivity contribution < 1.29 is 19.4 Å². The molecular weight excluding hydrogens is 270 g/mol. The van der Waals surface area contributed by atoms with E-state index in [9.17, 15) is 9.59 Å². The van der Waals surface area contributed by atoms with Crippen molar-refractivity contribution >= 4 is 17.6 Å². The van der Waals surface area contributed by atoms with Crippen LogP contribution >= 0.6 is 0 Å². The van der Waals surface area contributed by atoms with E-state index in [0.29, 0.717) is 25.9 Å². The standard InChI is InChI=1S/C16H21NO4/c1-21-9-8-11-4-2-3-5-14(11)17-15(18)12-6-7-13(10-12)16(19)20/h2-5,12-13H,6-10H2,1H3,(H,17,18)(H,19,20)/t12-,13+/m1/s1. The first kappa shape index (κ1) is 15.5. The van der Waals surface area contributed by atoms with Crippen LogP contribution in [0.4, 0.5) is 5.69 Å². The summed E-state index contributed by atoms with van der Waals surface area (Å²) < 4.78 is 5.07. The van der Waals surface area contributed by atoms with E-state index < -0.39 is 5.97 Å². The lowest BCUT2D eigenvalue weighted by molar-refractivity contribution is -0.141. The lowest BCUT2D eigenvalue weighted by atomic mass is 10.0. The molecule has 0 heterocycles. The largest absolute Gasteiger partial charge is 0.481 e. The smallest absolute Gasteiger partial charge is 0.306 e. The number of para-hydroxylation sites is 1. The highest BCUT2D eigenvalue weighted by Crippen LogP contribution is 2.32. The lowest BCUT2D eigenvalue weighted by Crippen LogP contribution is -2.22. The van der Waals surface area contributed by atoms with Crippen LogP contribution in [-0.2, 0) is 20.7 Å². The molecule has 21 heavy (non-hydrogen) atoms. The fourth-order valence-electron chi connectivity index (χ4n) is 2.75. The van der Waals surface area contributed by atoms with E-state index in [0.717, 1.165) is 17.7 Å². The minimum absolute atomic E-state index is 0.0800. The minimum atomic E-state index is -0.800. The van der Waals surface area contributed by atoms with Gasteiger partial charge in [-0.15, -0.1) is 0 Å². The monoisotopic (exact) mass is 291 g/mol. The van der Waals surface area contributed by atoms with Crippen LogP contribution in [0.3, 0.4) is 0 Å². The Kier molecular flexibility index (Phi) is 5.33. The Labute approximate surface area is 124 Å². The van der Waals surface area contributed by atoms with E-state index in [4.69, 9.17) is 9.84 Å². The van der Waals surface area contributed by atoms with Crippen LogP contribution in [0.25, 0.3) is 0 Å². The van der Waals surface area contributed by atoms with Crippen molar-refractivity contribution in [1.29, 1.82) is 0 Å². The fourth-order valence-corrected chi connectivity index (χ4v) is 2.75. The molecule has 0 aromatic heterocycles. The van der Waals surface area contributed by atoms with Crippen LogP contribution in [0.2, 0.25) is 0 Å². The molecule has 0 spiro atoms. The van der Waals surface area contributed by atoms with Crippen molar-refractivity contribution in [1.82, 2.24) is 0 Å². The predicted octanol–water partition coefficient (Wildman–Crippen LogP) is 2.31. The summed E-state index contributed by atoms with van der Waals surface area (Å²) in [7, 11) is 1.64. The number of benzene rings is 1. The van der Waals surface area contributed by atoms with Crippen molar-refractivity contribution in [3.05, 3.63) is 29.8 Å². The molecule has 2 rings (SSSR count). The number of carboxylic acid groups (broad SMARTS) is 1. The number of anilines is 1. The first-order valence-electron chi connectivity index (χ1n) is 7.22. The van der Waals surface area contributed by atoms with Crippen molar-refractivity contribution in [2.75, 3.05) is 19.0 Å². The highest BCUT2D eigenvalue weighted by Gasteiger charge is 2.33. The molecule has 2 atom stereocenters. The number of carboxylic acids is 1. The Morgan fingerprint density at radius 1 is 1.29 bits per heavy atom. The molecular formula is C16H21NO4. The Morgan fingerprint density at radius 2 is 2.00 bits per heavy atom. The first-order chi connectivity index (χ1) is 10.1. The fraction of sp³-hybridized carbons (Fsp3) is 0.500. The van der Waals surface area contributed by atoms with E-state index >= 15 is 0 Å². The molecule has 0 aliphatic heterocycles. The molecule has 1 aliphatic rings. The quantitative estimate of drug-likeness (QED) is 0.843. The molecule has 2 N–H and O–H groups in total. The van der Waals surface area contributed by atoms with Crippen LogP contribution in [0.1, 0.15) is 24.8 Å². The molecule has 5 nitrogen and oxygen atoms in total. The van der Waals surface area contributed by atoms with E-state index in [-0.39, 0.29) is 17.7 Å². The van der Waals surface area contributed by atoms with Gasteiger partial charge in [0.1, 0.15) is 0 Å². The van der Waals surface area contributed by atoms with E-state index in [1.54, 1.807) is 7.11 Å². The van der Waals surface area contributed by atoms with Crippen LogP contribution in [0.15, 0.2) is 24.3 Å². The molecule has 1 aromatic carbocycles. The molecule has 114 valence electrons. The number of carbonyl (C=O) groups is 2. The first-order valence-corrected chi connectivity index (χ1v) is 7.22. The molecule has 0 bridgehead atoms. The number of ether oxygens (including phenoxy) is 1. The molecule has 1 aromatic rings. The van der Waals surface area contributed by atoms with Gasteiger partial charge in [0.25, 0.3) is 0 Å². The summed E-state index contributed by atoms with van der Waals surface area (Å²) in [4.78, 5) is 23.2. The second-order valence-electron chi connectivity index (χ2n) is 5.43. The number of aliphatic carboxylic acids is 1.